The van der Waals surface area contributed by atoms with E-state index in [-0.39, 0.29) is 0 Å². The Morgan fingerprint density at radius 3 is 1.00 bits per heavy atom. The molecule has 0 spiro atoms. The lowest BCUT2D eigenvalue weighted by Crippen LogP contribution is -2.41. The Balaban J connectivity index is 1.02. The van der Waals surface area contributed by atoms with Crippen LogP contribution in [0.4, 0.5) is 0 Å². The van der Waals surface area contributed by atoms with Crippen molar-refractivity contribution in [3.05, 3.63) is 158 Å². The minimum absolute atomic E-state index is 0.400. The third kappa shape index (κ3) is 7.15. The van der Waals surface area contributed by atoms with E-state index in [1.54, 1.807) is 0 Å². The number of rotatable bonds is 7. The first kappa shape index (κ1) is 40.2. The Morgan fingerprint density at radius 2 is 0.661 bits per heavy atom. The van der Waals surface area contributed by atoms with Crippen molar-refractivity contribution in [3.8, 4) is 55.9 Å². The SMILES string of the molecule is CC1(C)OB(c2ccc(-c3cc(-c4ccccc4)c4cc(-c5ccc6nc(-c7ccc(B8OC(C)(C)C(C)(C)O8)cc7)cc(-c7ccccc7)c6c5)ccc4n3)cc2)OC1(C)C. The Hall–Kier alpha value is -5.89. The predicted molar refractivity (Wildman–Crippen MR) is 256 cm³/mol. The average molecular weight is 813 g/mol. The first-order chi connectivity index (χ1) is 29.6. The van der Waals surface area contributed by atoms with Crippen LogP contribution >= 0.6 is 0 Å². The van der Waals surface area contributed by atoms with Crippen molar-refractivity contribution in [1.29, 1.82) is 0 Å². The fourth-order valence-electron chi connectivity index (χ4n) is 8.40. The second-order valence-electron chi connectivity index (χ2n) is 18.7. The van der Waals surface area contributed by atoms with E-state index in [0.717, 1.165) is 88.6 Å². The summed E-state index contributed by atoms with van der Waals surface area (Å²) in [7, 11) is -0.833. The minimum Gasteiger partial charge on any atom is -0.399 e. The van der Waals surface area contributed by atoms with Gasteiger partial charge in [0.1, 0.15) is 0 Å². The largest absolute Gasteiger partial charge is 0.494 e. The van der Waals surface area contributed by atoms with Gasteiger partial charge in [0.2, 0.25) is 0 Å². The third-order valence-corrected chi connectivity index (χ3v) is 13.6. The Bertz CT molecular complexity index is 2730. The third-order valence-electron chi connectivity index (χ3n) is 13.6. The van der Waals surface area contributed by atoms with E-state index in [2.05, 4.69) is 213 Å². The molecule has 0 bridgehead atoms. The topological polar surface area (TPSA) is 62.7 Å². The Morgan fingerprint density at radius 1 is 0.339 bits per heavy atom. The molecule has 62 heavy (non-hydrogen) atoms. The lowest BCUT2D eigenvalue weighted by molar-refractivity contribution is 0.00578. The summed E-state index contributed by atoms with van der Waals surface area (Å²) in [5.41, 5.74) is 12.9. The van der Waals surface area contributed by atoms with E-state index >= 15 is 0 Å². The Kier molecular flexibility index (Phi) is 9.65. The number of nitrogens with zero attached hydrogens (tertiary/aromatic N) is 2. The molecule has 2 aliphatic rings. The predicted octanol–water partition coefficient (Wildman–Crippen LogP) is 11.7. The zero-order valence-electron chi connectivity index (χ0n) is 36.7. The summed E-state index contributed by atoms with van der Waals surface area (Å²) >= 11 is 0. The van der Waals surface area contributed by atoms with Gasteiger partial charge >= 0.3 is 14.2 Å². The molecule has 0 radical (unpaired) electrons. The summed E-state index contributed by atoms with van der Waals surface area (Å²) in [6.07, 6.45) is 0. The van der Waals surface area contributed by atoms with Crippen LogP contribution in [0.1, 0.15) is 55.4 Å². The van der Waals surface area contributed by atoms with E-state index in [4.69, 9.17) is 28.6 Å². The highest BCUT2D eigenvalue weighted by atomic mass is 16.7. The molecule has 6 nitrogen and oxygen atoms in total. The van der Waals surface area contributed by atoms with Crippen LogP contribution in [-0.2, 0) is 18.6 Å². The first-order valence-corrected chi connectivity index (χ1v) is 21.6. The molecule has 10 rings (SSSR count). The second-order valence-corrected chi connectivity index (χ2v) is 18.7. The number of aromatic nitrogens is 2. The molecule has 2 fully saturated rings. The maximum atomic E-state index is 6.33. The zero-order chi connectivity index (χ0) is 43.0. The molecule has 2 saturated heterocycles. The molecule has 4 heterocycles. The van der Waals surface area contributed by atoms with Crippen molar-refractivity contribution >= 4 is 47.0 Å². The molecular formula is C54H50B2N2O4. The summed E-state index contributed by atoms with van der Waals surface area (Å²) in [5.74, 6) is 0. The zero-order valence-corrected chi connectivity index (χ0v) is 36.7. The smallest absolute Gasteiger partial charge is 0.399 e. The summed E-state index contributed by atoms with van der Waals surface area (Å²) in [6.45, 7) is 16.6. The van der Waals surface area contributed by atoms with Gasteiger partial charge in [-0.25, -0.2) is 9.97 Å². The highest BCUT2D eigenvalue weighted by Crippen LogP contribution is 2.40. The van der Waals surface area contributed by atoms with Gasteiger partial charge in [-0.05, 0) is 136 Å². The van der Waals surface area contributed by atoms with Crippen molar-refractivity contribution in [3.63, 3.8) is 0 Å². The number of benzene rings is 6. The maximum Gasteiger partial charge on any atom is 0.494 e. The molecule has 8 heteroatoms. The number of hydrogen-bond donors (Lipinski definition) is 0. The van der Waals surface area contributed by atoms with E-state index in [0.29, 0.717) is 0 Å². The molecule has 0 unspecified atom stereocenters. The van der Waals surface area contributed by atoms with Crippen LogP contribution in [0.2, 0.25) is 0 Å². The summed E-state index contributed by atoms with van der Waals surface area (Å²) in [5, 5.41) is 2.18. The minimum atomic E-state index is -0.417. The Labute approximate surface area is 365 Å². The van der Waals surface area contributed by atoms with Crippen LogP contribution in [0.5, 0.6) is 0 Å². The molecule has 0 atom stereocenters. The van der Waals surface area contributed by atoms with Crippen molar-refractivity contribution < 1.29 is 18.6 Å². The molecule has 0 N–H and O–H groups in total. The molecular weight excluding hydrogens is 762 g/mol. The maximum absolute atomic E-state index is 6.33. The first-order valence-electron chi connectivity index (χ1n) is 21.6. The molecule has 8 aromatic rings. The summed E-state index contributed by atoms with van der Waals surface area (Å²) < 4.78 is 25.3. The van der Waals surface area contributed by atoms with Crippen LogP contribution in [0.25, 0.3) is 77.7 Å². The van der Waals surface area contributed by atoms with E-state index < -0.39 is 36.6 Å². The quantitative estimate of drug-likeness (QED) is 0.149. The number of fused-ring (bicyclic) bond motifs is 2. The lowest BCUT2D eigenvalue weighted by atomic mass is 9.78. The van der Waals surface area contributed by atoms with Gasteiger partial charge in [-0.3, -0.25) is 0 Å². The van der Waals surface area contributed by atoms with Gasteiger partial charge in [-0.15, -0.1) is 0 Å². The number of hydrogen-bond acceptors (Lipinski definition) is 6. The van der Waals surface area contributed by atoms with Crippen LogP contribution < -0.4 is 10.9 Å². The molecule has 2 aliphatic heterocycles. The van der Waals surface area contributed by atoms with E-state index in [1.807, 2.05) is 0 Å². The molecule has 0 saturated carbocycles. The molecule has 2 aromatic heterocycles. The van der Waals surface area contributed by atoms with Gasteiger partial charge in [0.15, 0.2) is 0 Å². The van der Waals surface area contributed by atoms with E-state index in [1.165, 1.54) is 0 Å². The van der Waals surface area contributed by atoms with Gasteiger partial charge < -0.3 is 18.6 Å². The second kappa shape index (κ2) is 14.9. The fraction of sp³-hybridized carbons (Fsp3) is 0.222. The van der Waals surface area contributed by atoms with Crippen LogP contribution in [0.3, 0.4) is 0 Å². The summed E-state index contributed by atoms with van der Waals surface area (Å²) in [6, 6.07) is 55.7. The van der Waals surface area contributed by atoms with Crippen molar-refractivity contribution in [1.82, 2.24) is 9.97 Å². The van der Waals surface area contributed by atoms with Crippen LogP contribution in [-0.4, -0.2) is 46.6 Å². The van der Waals surface area contributed by atoms with Gasteiger partial charge in [0.05, 0.1) is 44.8 Å². The van der Waals surface area contributed by atoms with Crippen molar-refractivity contribution in [2.75, 3.05) is 0 Å². The number of pyridine rings is 2. The fourth-order valence-corrected chi connectivity index (χ4v) is 8.40. The standard InChI is InChI=1S/C54H50B2N2O4/c1-51(2)52(3,4)60-55(59-51)41-25-19-37(20-26-41)49-33-43(35-15-11-9-12-16-35)45-31-39(23-29-47(45)57-49)40-24-30-48-46(32-40)44(36-17-13-10-14-18-36)34-50(58-48)38-21-27-42(28-22-38)56-61-53(5,6)54(7,8)62-56/h9-34H,1-8H3. The lowest BCUT2D eigenvalue weighted by Gasteiger charge is -2.32. The van der Waals surface area contributed by atoms with Crippen LogP contribution in [0.15, 0.2) is 158 Å². The van der Waals surface area contributed by atoms with Gasteiger partial charge in [0.25, 0.3) is 0 Å². The highest BCUT2D eigenvalue weighted by Gasteiger charge is 2.52. The monoisotopic (exact) mass is 812 g/mol. The summed E-state index contributed by atoms with van der Waals surface area (Å²) in [4.78, 5) is 10.5. The van der Waals surface area contributed by atoms with Crippen molar-refractivity contribution in [2.45, 2.75) is 77.8 Å². The highest BCUT2D eigenvalue weighted by molar-refractivity contribution is 6.62. The molecule has 0 aliphatic carbocycles. The normalized spacial score (nSPS) is 17.5. The van der Waals surface area contributed by atoms with Gasteiger partial charge in [0, 0.05) is 21.9 Å². The average Bonchev–Trinajstić information content (AvgIpc) is 3.65. The van der Waals surface area contributed by atoms with Gasteiger partial charge in [-0.2, -0.15) is 0 Å². The van der Waals surface area contributed by atoms with Gasteiger partial charge in [-0.1, -0.05) is 121 Å². The van der Waals surface area contributed by atoms with Crippen molar-refractivity contribution in [2.24, 2.45) is 0 Å². The van der Waals surface area contributed by atoms with Crippen LogP contribution in [0, 0.1) is 0 Å². The van der Waals surface area contributed by atoms with E-state index in [9.17, 15) is 0 Å². The molecule has 306 valence electrons. The molecule has 0 amide bonds. The molecule has 6 aromatic carbocycles.